The molecule has 2 nitrogen and oxygen atoms in total. The van der Waals surface area contributed by atoms with Gasteiger partial charge in [-0.2, -0.15) is 0 Å². The molecule has 0 radical (unpaired) electrons. The average Bonchev–Trinajstić information content (AvgIpc) is 2.50. The predicted molar refractivity (Wildman–Crippen MR) is 97.2 cm³/mol. The number of hydrogen-bond donors (Lipinski definition) is 2. The summed E-state index contributed by atoms with van der Waals surface area (Å²) in [6, 6.07) is 0. The first kappa shape index (κ1) is 21.9. The molecule has 0 aromatic carbocycles. The van der Waals surface area contributed by atoms with Gasteiger partial charge in [-0.05, 0) is 32.1 Å². The van der Waals surface area contributed by atoms with Crippen molar-refractivity contribution in [2.75, 3.05) is 0 Å². The molecule has 0 fully saturated rings. The fourth-order valence-electron chi connectivity index (χ4n) is 3.02. The van der Waals surface area contributed by atoms with Gasteiger partial charge in [0.05, 0.1) is 12.2 Å². The summed E-state index contributed by atoms with van der Waals surface area (Å²) in [5.41, 5.74) is 0. The largest absolute Gasteiger partial charge is 0.393 e. The lowest BCUT2D eigenvalue weighted by atomic mass is 10.0. The summed E-state index contributed by atoms with van der Waals surface area (Å²) >= 11 is 0. The van der Waals surface area contributed by atoms with Crippen LogP contribution in [0.2, 0.25) is 0 Å². The Morgan fingerprint density at radius 3 is 1.18 bits per heavy atom. The van der Waals surface area contributed by atoms with Crippen LogP contribution >= 0.6 is 0 Å². The van der Waals surface area contributed by atoms with Crippen LogP contribution in [-0.4, -0.2) is 22.4 Å². The van der Waals surface area contributed by atoms with Crippen LogP contribution in [0.5, 0.6) is 0 Å². The van der Waals surface area contributed by atoms with E-state index in [0.29, 0.717) is 0 Å². The standard InChI is InChI=1S/C20H42O2/c1-3-5-7-9-11-13-16-20(22)18-14-17-19(21)15-12-10-8-6-4-2/h19-22H,3-18H2,1-2H3. The van der Waals surface area contributed by atoms with E-state index < -0.39 is 0 Å². The molecular weight excluding hydrogens is 272 g/mol. The third kappa shape index (κ3) is 16.3. The number of rotatable bonds is 17. The van der Waals surface area contributed by atoms with Crippen LogP contribution in [0.4, 0.5) is 0 Å². The Morgan fingerprint density at radius 1 is 0.455 bits per heavy atom. The SMILES string of the molecule is CCCCCCCCC(O)CCCC(O)CCCCCCC. The summed E-state index contributed by atoms with van der Waals surface area (Å²) in [4.78, 5) is 0. The Labute approximate surface area is 139 Å². The van der Waals surface area contributed by atoms with Crippen molar-refractivity contribution in [3.63, 3.8) is 0 Å². The van der Waals surface area contributed by atoms with Crippen molar-refractivity contribution >= 4 is 0 Å². The van der Waals surface area contributed by atoms with E-state index >= 15 is 0 Å². The molecule has 0 saturated heterocycles. The maximum atomic E-state index is 9.96. The van der Waals surface area contributed by atoms with E-state index in [0.717, 1.165) is 44.9 Å². The lowest BCUT2D eigenvalue weighted by Crippen LogP contribution is -2.10. The highest BCUT2D eigenvalue weighted by Crippen LogP contribution is 2.15. The van der Waals surface area contributed by atoms with E-state index in [9.17, 15) is 10.2 Å². The van der Waals surface area contributed by atoms with Crippen LogP contribution in [0.25, 0.3) is 0 Å². The molecular formula is C20H42O2. The first-order chi connectivity index (χ1) is 10.7. The van der Waals surface area contributed by atoms with Crippen molar-refractivity contribution < 1.29 is 10.2 Å². The zero-order chi connectivity index (χ0) is 16.5. The fourth-order valence-corrected chi connectivity index (χ4v) is 3.02. The topological polar surface area (TPSA) is 40.5 Å². The summed E-state index contributed by atoms with van der Waals surface area (Å²) in [6.45, 7) is 4.47. The van der Waals surface area contributed by atoms with Crippen molar-refractivity contribution in [2.24, 2.45) is 0 Å². The monoisotopic (exact) mass is 314 g/mol. The van der Waals surface area contributed by atoms with E-state index in [2.05, 4.69) is 13.8 Å². The first-order valence-electron chi connectivity index (χ1n) is 10.1. The van der Waals surface area contributed by atoms with Crippen LogP contribution in [0.15, 0.2) is 0 Å². The molecule has 0 aliphatic rings. The Hall–Kier alpha value is -0.0800. The summed E-state index contributed by atoms with van der Waals surface area (Å²) in [5.74, 6) is 0. The molecule has 0 saturated carbocycles. The smallest absolute Gasteiger partial charge is 0.0540 e. The Bertz CT molecular complexity index is 206. The minimum absolute atomic E-state index is 0.150. The van der Waals surface area contributed by atoms with Gasteiger partial charge in [0.2, 0.25) is 0 Å². The van der Waals surface area contributed by atoms with Gasteiger partial charge in [-0.1, -0.05) is 84.5 Å². The van der Waals surface area contributed by atoms with Crippen LogP contribution in [0.1, 0.15) is 117 Å². The maximum Gasteiger partial charge on any atom is 0.0540 e. The molecule has 2 heteroatoms. The Balaban J connectivity index is 3.30. The third-order valence-electron chi connectivity index (χ3n) is 4.61. The summed E-state index contributed by atoms with van der Waals surface area (Å²) < 4.78 is 0. The van der Waals surface area contributed by atoms with Gasteiger partial charge in [-0.15, -0.1) is 0 Å². The molecule has 0 aliphatic carbocycles. The van der Waals surface area contributed by atoms with Crippen LogP contribution in [-0.2, 0) is 0 Å². The number of aliphatic hydroxyl groups excluding tert-OH is 2. The van der Waals surface area contributed by atoms with Crippen molar-refractivity contribution in [3.8, 4) is 0 Å². The van der Waals surface area contributed by atoms with Gasteiger partial charge in [0, 0.05) is 0 Å². The average molecular weight is 315 g/mol. The molecule has 0 bridgehead atoms. The fraction of sp³-hybridized carbons (Fsp3) is 1.00. The van der Waals surface area contributed by atoms with Gasteiger partial charge in [0.1, 0.15) is 0 Å². The minimum atomic E-state index is -0.150. The summed E-state index contributed by atoms with van der Waals surface area (Å²) in [6.07, 6.45) is 18.3. The molecule has 0 spiro atoms. The predicted octanol–water partition coefficient (Wildman–Crippen LogP) is 5.99. The molecule has 0 aromatic heterocycles. The van der Waals surface area contributed by atoms with E-state index in [-0.39, 0.29) is 12.2 Å². The van der Waals surface area contributed by atoms with Gasteiger partial charge in [-0.3, -0.25) is 0 Å². The minimum Gasteiger partial charge on any atom is -0.393 e. The molecule has 0 heterocycles. The number of hydrogen-bond acceptors (Lipinski definition) is 2. The summed E-state index contributed by atoms with van der Waals surface area (Å²) in [5, 5.41) is 19.9. The van der Waals surface area contributed by atoms with E-state index in [4.69, 9.17) is 0 Å². The van der Waals surface area contributed by atoms with Crippen molar-refractivity contribution in [1.29, 1.82) is 0 Å². The van der Waals surface area contributed by atoms with Crippen molar-refractivity contribution in [2.45, 2.75) is 129 Å². The molecule has 22 heavy (non-hydrogen) atoms. The van der Waals surface area contributed by atoms with Crippen molar-refractivity contribution in [3.05, 3.63) is 0 Å². The second-order valence-corrected chi connectivity index (χ2v) is 7.00. The Morgan fingerprint density at radius 2 is 0.773 bits per heavy atom. The van der Waals surface area contributed by atoms with Gasteiger partial charge in [-0.25, -0.2) is 0 Å². The molecule has 0 aliphatic heterocycles. The zero-order valence-electron chi connectivity index (χ0n) is 15.4. The van der Waals surface area contributed by atoms with E-state index in [1.54, 1.807) is 0 Å². The highest BCUT2D eigenvalue weighted by molar-refractivity contribution is 4.61. The number of unbranched alkanes of at least 4 members (excludes halogenated alkanes) is 9. The first-order valence-corrected chi connectivity index (χ1v) is 10.1. The van der Waals surface area contributed by atoms with Gasteiger partial charge in [0.15, 0.2) is 0 Å². The van der Waals surface area contributed by atoms with Gasteiger partial charge in [0.25, 0.3) is 0 Å². The molecule has 2 N–H and O–H groups in total. The van der Waals surface area contributed by atoms with Crippen molar-refractivity contribution in [1.82, 2.24) is 0 Å². The van der Waals surface area contributed by atoms with Crippen LogP contribution in [0.3, 0.4) is 0 Å². The normalized spacial score (nSPS) is 14.2. The molecule has 2 unspecified atom stereocenters. The number of aliphatic hydroxyl groups is 2. The quantitative estimate of drug-likeness (QED) is 0.324. The highest BCUT2D eigenvalue weighted by Gasteiger charge is 2.07. The highest BCUT2D eigenvalue weighted by atomic mass is 16.3. The van der Waals surface area contributed by atoms with Crippen LogP contribution < -0.4 is 0 Å². The molecule has 2 atom stereocenters. The lowest BCUT2D eigenvalue weighted by molar-refractivity contribution is 0.121. The lowest BCUT2D eigenvalue weighted by Gasteiger charge is -2.13. The van der Waals surface area contributed by atoms with Crippen LogP contribution in [0, 0.1) is 0 Å². The molecule has 0 amide bonds. The molecule has 0 rings (SSSR count). The second-order valence-electron chi connectivity index (χ2n) is 7.00. The third-order valence-corrected chi connectivity index (χ3v) is 4.61. The Kier molecular flexibility index (Phi) is 17.2. The van der Waals surface area contributed by atoms with Gasteiger partial charge < -0.3 is 10.2 Å². The van der Waals surface area contributed by atoms with E-state index in [1.165, 1.54) is 57.8 Å². The maximum absolute atomic E-state index is 9.96. The molecule has 134 valence electrons. The van der Waals surface area contributed by atoms with E-state index in [1.807, 2.05) is 0 Å². The molecule has 0 aromatic rings. The van der Waals surface area contributed by atoms with Gasteiger partial charge >= 0.3 is 0 Å². The summed E-state index contributed by atoms with van der Waals surface area (Å²) in [7, 11) is 0. The second kappa shape index (κ2) is 17.3. The zero-order valence-corrected chi connectivity index (χ0v) is 15.4.